The van der Waals surface area contributed by atoms with Gasteiger partial charge < -0.3 is 20.2 Å². The molecule has 6 heteroatoms. The van der Waals surface area contributed by atoms with Crippen molar-refractivity contribution < 1.29 is 14.3 Å². The van der Waals surface area contributed by atoms with E-state index in [1.54, 1.807) is 24.3 Å². The van der Waals surface area contributed by atoms with Gasteiger partial charge in [-0.2, -0.15) is 0 Å². The summed E-state index contributed by atoms with van der Waals surface area (Å²) in [6.07, 6.45) is 1.14. The second kappa shape index (κ2) is 6.62. The Hall–Kier alpha value is -2.34. The fourth-order valence-corrected chi connectivity index (χ4v) is 2.07. The third kappa shape index (κ3) is 3.85. The predicted molar refractivity (Wildman–Crippen MR) is 85.0 cm³/mol. The average Bonchev–Trinajstić information content (AvgIpc) is 2.53. The molecule has 0 aliphatic rings. The molecule has 0 saturated heterocycles. The molecule has 3 N–H and O–H groups in total. The molecular formula is C16H20N2O4. The van der Waals surface area contributed by atoms with Gasteiger partial charge >= 0.3 is 11.7 Å². The van der Waals surface area contributed by atoms with Crippen molar-refractivity contribution in [1.29, 1.82) is 0 Å². The van der Waals surface area contributed by atoms with Crippen LogP contribution in [0.3, 0.4) is 0 Å². The number of carbonyl (C=O) groups is 1. The number of hydrogen-bond acceptors (Lipinski definition) is 4. The molecule has 1 aromatic carbocycles. The number of fused-ring (bicyclic) bond motifs is 1. The molecule has 0 atom stereocenters. The molecule has 118 valence electrons. The Labute approximate surface area is 128 Å². The number of rotatable bonds is 5. The first-order valence-electron chi connectivity index (χ1n) is 7.27. The normalized spacial score (nSPS) is 11.4. The van der Waals surface area contributed by atoms with Crippen molar-refractivity contribution in [1.82, 2.24) is 5.32 Å². The average molecular weight is 304 g/mol. The van der Waals surface area contributed by atoms with E-state index in [0.717, 1.165) is 5.39 Å². The Morgan fingerprint density at radius 1 is 1.23 bits per heavy atom. The van der Waals surface area contributed by atoms with Gasteiger partial charge in [0.15, 0.2) is 0 Å². The zero-order chi connectivity index (χ0) is 16.2. The highest BCUT2D eigenvalue weighted by atomic mass is 16.4. The smallest absolute Gasteiger partial charge is 0.336 e. The molecular weight excluding hydrogens is 284 g/mol. The van der Waals surface area contributed by atoms with Crippen LogP contribution in [0.4, 0.5) is 10.5 Å². The van der Waals surface area contributed by atoms with Gasteiger partial charge in [-0.25, -0.2) is 9.59 Å². The molecule has 1 aromatic heterocycles. The molecule has 22 heavy (non-hydrogen) atoms. The molecule has 0 unspecified atom stereocenters. The van der Waals surface area contributed by atoms with Crippen molar-refractivity contribution >= 4 is 22.7 Å². The molecule has 0 spiro atoms. The Morgan fingerprint density at radius 3 is 2.64 bits per heavy atom. The molecule has 0 fully saturated rings. The highest BCUT2D eigenvalue weighted by molar-refractivity contribution is 5.92. The van der Waals surface area contributed by atoms with E-state index in [1.165, 1.54) is 6.07 Å². The lowest BCUT2D eigenvalue weighted by atomic mass is 9.98. The summed E-state index contributed by atoms with van der Waals surface area (Å²) in [5.74, 6) is 0. The first kappa shape index (κ1) is 16.0. The van der Waals surface area contributed by atoms with Crippen molar-refractivity contribution in [3.05, 3.63) is 40.8 Å². The van der Waals surface area contributed by atoms with Crippen molar-refractivity contribution in [2.45, 2.75) is 32.3 Å². The molecule has 2 amide bonds. The first-order chi connectivity index (χ1) is 10.5. The number of nitrogens with one attached hydrogen (secondary N) is 2. The van der Waals surface area contributed by atoms with E-state index in [1.807, 2.05) is 13.8 Å². The van der Waals surface area contributed by atoms with E-state index in [4.69, 9.17) is 4.42 Å². The second-order valence-corrected chi connectivity index (χ2v) is 5.25. The van der Waals surface area contributed by atoms with Gasteiger partial charge in [-0.1, -0.05) is 13.8 Å². The van der Waals surface area contributed by atoms with Gasteiger partial charge in [0.05, 0.1) is 5.60 Å². The van der Waals surface area contributed by atoms with Crippen molar-refractivity contribution in [3.8, 4) is 0 Å². The molecule has 0 aliphatic carbocycles. The van der Waals surface area contributed by atoms with E-state index in [-0.39, 0.29) is 6.54 Å². The van der Waals surface area contributed by atoms with Gasteiger partial charge in [0, 0.05) is 23.7 Å². The predicted octanol–water partition coefficient (Wildman–Crippen LogP) is 2.47. The van der Waals surface area contributed by atoms with E-state index in [0.29, 0.717) is 24.1 Å². The molecule has 6 nitrogen and oxygen atoms in total. The van der Waals surface area contributed by atoms with Crippen LogP contribution >= 0.6 is 0 Å². The molecule has 2 aromatic rings. The standard InChI is InChI=1S/C16H20N2O4/c1-3-16(21,4-2)10-17-15(20)18-12-6-7-13-11(9-12)5-8-14(19)22-13/h5-9,21H,3-4,10H2,1-2H3,(H2,17,18,20). The maximum atomic E-state index is 11.9. The van der Waals surface area contributed by atoms with E-state index >= 15 is 0 Å². The number of amides is 2. The maximum absolute atomic E-state index is 11.9. The third-order valence-electron chi connectivity index (χ3n) is 3.77. The number of urea groups is 1. The first-order valence-corrected chi connectivity index (χ1v) is 7.27. The van der Waals surface area contributed by atoms with Crippen LogP contribution in [0.5, 0.6) is 0 Å². The van der Waals surface area contributed by atoms with Crippen LogP contribution in [-0.4, -0.2) is 23.3 Å². The van der Waals surface area contributed by atoms with Crippen LogP contribution in [0.2, 0.25) is 0 Å². The fraction of sp³-hybridized carbons (Fsp3) is 0.375. The minimum atomic E-state index is -0.885. The molecule has 0 bridgehead atoms. The SMILES string of the molecule is CCC(O)(CC)CNC(=O)Nc1ccc2oc(=O)ccc2c1. The van der Waals surface area contributed by atoms with Crippen LogP contribution in [0.1, 0.15) is 26.7 Å². The molecule has 0 saturated carbocycles. The Bertz CT molecular complexity index is 719. The Kier molecular flexibility index (Phi) is 4.82. The van der Waals surface area contributed by atoms with Crippen molar-refractivity contribution in [3.63, 3.8) is 0 Å². The number of benzene rings is 1. The van der Waals surface area contributed by atoms with Crippen LogP contribution in [0, 0.1) is 0 Å². The number of hydrogen-bond donors (Lipinski definition) is 3. The highest BCUT2D eigenvalue weighted by Crippen LogP contribution is 2.18. The molecule has 0 radical (unpaired) electrons. The van der Waals surface area contributed by atoms with Gasteiger partial charge in [-0.05, 0) is 37.1 Å². The summed E-state index contributed by atoms with van der Waals surface area (Å²) >= 11 is 0. The summed E-state index contributed by atoms with van der Waals surface area (Å²) in [6, 6.07) is 7.56. The summed E-state index contributed by atoms with van der Waals surface area (Å²) in [5.41, 5.74) is -0.256. The summed E-state index contributed by atoms with van der Waals surface area (Å²) in [7, 11) is 0. The lowest BCUT2D eigenvalue weighted by molar-refractivity contribution is 0.0354. The van der Waals surface area contributed by atoms with Crippen LogP contribution in [0.15, 0.2) is 39.5 Å². The van der Waals surface area contributed by atoms with E-state index < -0.39 is 17.3 Å². The van der Waals surface area contributed by atoms with E-state index in [9.17, 15) is 14.7 Å². The van der Waals surface area contributed by atoms with E-state index in [2.05, 4.69) is 10.6 Å². The number of anilines is 1. The third-order valence-corrected chi connectivity index (χ3v) is 3.77. The summed E-state index contributed by atoms with van der Waals surface area (Å²) in [4.78, 5) is 23.0. The van der Waals surface area contributed by atoms with Gasteiger partial charge in [0.25, 0.3) is 0 Å². The maximum Gasteiger partial charge on any atom is 0.336 e. The van der Waals surface area contributed by atoms with Gasteiger partial charge in [0.2, 0.25) is 0 Å². The van der Waals surface area contributed by atoms with Crippen LogP contribution in [0.25, 0.3) is 11.0 Å². The Balaban J connectivity index is 2.03. The van der Waals surface area contributed by atoms with Gasteiger partial charge in [-0.3, -0.25) is 0 Å². The number of carbonyl (C=O) groups excluding carboxylic acids is 1. The van der Waals surface area contributed by atoms with Gasteiger partial charge in [0.1, 0.15) is 5.58 Å². The van der Waals surface area contributed by atoms with Crippen molar-refractivity contribution in [2.75, 3.05) is 11.9 Å². The topological polar surface area (TPSA) is 91.6 Å². The molecule has 2 rings (SSSR count). The second-order valence-electron chi connectivity index (χ2n) is 5.25. The monoisotopic (exact) mass is 304 g/mol. The molecule has 0 aliphatic heterocycles. The Morgan fingerprint density at radius 2 is 1.95 bits per heavy atom. The quantitative estimate of drug-likeness (QED) is 0.740. The summed E-state index contributed by atoms with van der Waals surface area (Å²) < 4.78 is 5.03. The highest BCUT2D eigenvalue weighted by Gasteiger charge is 2.22. The van der Waals surface area contributed by atoms with Crippen LogP contribution < -0.4 is 16.3 Å². The van der Waals surface area contributed by atoms with Gasteiger partial charge in [-0.15, -0.1) is 0 Å². The molecule has 1 heterocycles. The van der Waals surface area contributed by atoms with Crippen LogP contribution in [-0.2, 0) is 0 Å². The lowest BCUT2D eigenvalue weighted by Gasteiger charge is -2.25. The zero-order valence-electron chi connectivity index (χ0n) is 12.7. The lowest BCUT2D eigenvalue weighted by Crippen LogP contribution is -2.43. The zero-order valence-corrected chi connectivity index (χ0v) is 12.7. The minimum Gasteiger partial charge on any atom is -0.423 e. The largest absolute Gasteiger partial charge is 0.423 e. The minimum absolute atomic E-state index is 0.189. The summed E-state index contributed by atoms with van der Waals surface area (Å²) in [5, 5.41) is 16.2. The summed E-state index contributed by atoms with van der Waals surface area (Å²) in [6.45, 7) is 3.94. The fourth-order valence-electron chi connectivity index (χ4n) is 2.07. The van der Waals surface area contributed by atoms with Crippen molar-refractivity contribution in [2.24, 2.45) is 0 Å². The number of aliphatic hydroxyl groups is 1.